The van der Waals surface area contributed by atoms with E-state index >= 15 is 0 Å². The number of thiazole rings is 1. The van der Waals surface area contributed by atoms with E-state index < -0.39 is 0 Å². The SMILES string of the molecule is Cn1c(=O)oc2ccc(-c3csc(Br)n3)cc21. The van der Waals surface area contributed by atoms with Gasteiger partial charge < -0.3 is 4.42 Å². The molecule has 0 amide bonds. The lowest BCUT2D eigenvalue weighted by atomic mass is 10.1. The first kappa shape index (κ1) is 10.7. The third-order valence-corrected chi connectivity index (χ3v) is 3.93. The molecule has 0 aliphatic carbocycles. The van der Waals surface area contributed by atoms with Gasteiger partial charge in [-0.2, -0.15) is 0 Å². The average Bonchev–Trinajstić information content (AvgIpc) is 2.85. The number of aromatic nitrogens is 2. The highest BCUT2D eigenvalue weighted by Crippen LogP contribution is 2.27. The zero-order valence-corrected chi connectivity index (χ0v) is 11.2. The van der Waals surface area contributed by atoms with Crippen LogP contribution in [0.2, 0.25) is 0 Å². The number of aryl methyl sites for hydroxylation is 1. The number of benzene rings is 1. The third-order valence-electron chi connectivity index (χ3n) is 2.56. The highest BCUT2D eigenvalue weighted by atomic mass is 79.9. The maximum atomic E-state index is 11.4. The summed E-state index contributed by atoms with van der Waals surface area (Å²) in [6.45, 7) is 0. The van der Waals surface area contributed by atoms with Crippen LogP contribution in [0.1, 0.15) is 0 Å². The lowest BCUT2D eigenvalue weighted by Gasteiger charge is -1.97. The summed E-state index contributed by atoms with van der Waals surface area (Å²) >= 11 is 4.86. The van der Waals surface area contributed by atoms with Gasteiger partial charge in [-0.25, -0.2) is 9.78 Å². The molecule has 0 saturated carbocycles. The summed E-state index contributed by atoms with van der Waals surface area (Å²) in [6.07, 6.45) is 0. The fourth-order valence-corrected chi connectivity index (χ4v) is 2.69. The predicted molar refractivity (Wildman–Crippen MR) is 70.3 cm³/mol. The van der Waals surface area contributed by atoms with Gasteiger partial charge in [0.1, 0.15) is 0 Å². The predicted octanol–water partition coefficient (Wildman–Crippen LogP) is 3.02. The fraction of sp³-hybridized carbons (Fsp3) is 0.0909. The van der Waals surface area contributed by atoms with Crippen LogP contribution in [0, 0.1) is 0 Å². The molecule has 0 saturated heterocycles. The second-order valence-corrected chi connectivity index (χ2v) is 5.73. The number of rotatable bonds is 1. The summed E-state index contributed by atoms with van der Waals surface area (Å²) in [5.74, 6) is -0.350. The Morgan fingerprint density at radius 2 is 2.29 bits per heavy atom. The molecular formula is C11H7BrN2O2S. The van der Waals surface area contributed by atoms with Crippen molar-refractivity contribution in [2.75, 3.05) is 0 Å². The minimum atomic E-state index is -0.350. The molecule has 6 heteroatoms. The van der Waals surface area contributed by atoms with E-state index in [1.54, 1.807) is 13.1 Å². The number of hydrogen-bond donors (Lipinski definition) is 0. The van der Waals surface area contributed by atoms with E-state index in [0.717, 1.165) is 20.7 Å². The lowest BCUT2D eigenvalue weighted by Crippen LogP contribution is -2.08. The van der Waals surface area contributed by atoms with E-state index in [-0.39, 0.29) is 5.76 Å². The fourth-order valence-electron chi connectivity index (χ4n) is 1.67. The van der Waals surface area contributed by atoms with Crippen molar-refractivity contribution in [3.05, 3.63) is 38.0 Å². The van der Waals surface area contributed by atoms with E-state index in [0.29, 0.717) is 5.58 Å². The van der Waals surface area contributed by atoms with Gasteiger partial charge in [-0.05, 0) is 34.1 Å². The highest BCUT2D eigenvalue weighted by Gasteiger charge is 2.09. The molecule has 0 aliphatic rings. The minimum absolute atomic E-state index is 0.350. The van der Waals surface area contributed by atoms with Gasteiger partial charge in [0.15, 0.2) is 9.50 Å². The first-order valence-electron chi connectivity index (χ1n) is 4.86. The van der Waals surface area contributed by atoms with Crippen molar-refractivity contribution in [2.24, 2.45) is 7.05 Å². The van der Waals surface area contributed by atoms with Crippen molar-refractivity contribution in [1.29, 1.82) is 0 Å². The molecule has 0 spiro atoms. The largest absolute Gasteiger partial charge is 0.419 e. The summed E-state index contributed by atoms with van der Waals surface area (Å²) in [6, 6.07) is 5.59. The van der Waals surface area contributed by atoms with E-state index in [4.69, 9.17) is 4.42 Å². The molecule has 0 unspecified atom stereocenters. The molecule has 0 fully saturated rings. The Labute approximate surface area is 109 Å². The van der Waals surface area contributed by atoms with Crippen LogP contribution in [-0.2, 0) is 7.05 Å². The van der Waals surface area contributed by atoms with Gasteiger partial charge in [0.25, 0.3) is 0 Å². The topological polar surface area (TPSA) is 48.0 Å². The number of oxazole rings is 1. The molecular weight excluding hydrogens is 304 g/mol. The van der Waals surface area contributed by atoms with Crippen LogP contribution in [0.3, 0.4) is 0 Å². The van der Waals surface area contributed by atoms with Gasteiger partial charge in [-0.15, -0.1) is 11.3 Å². The van der Waals surface area contributed by atoms with Crippen LogP contribution in [0.25, 0.3) is 22.4 Å². The maximum Gasteiger partial charge on any atom is 0.419 e. The van der Waals surface area contributed by atoms with Crippen molar-refractivity contribution in [3.63, 3.8) is 0 Å². The van der Waals surface area contributed by atoms with Gasteiger partial charge in [0.05, 0.1) is 11.2 Å². The number of hydrogen-bond acceptors (Lipinski definition) is 4. The minimum Gasteiger partial charge on any atom is -0.408 e. The highest BCUT2D eigenvalue weighted by molar-refractivity contribution is 9.11. The second-order valence-electron chi connectivity index (χ2n) is 3.60. The lowest BCUT2D eigenvalue weighted by molar-refractivity contribution is 0.528. The second kappa shape index (κ2) is 3.82. The molecule has 0 N–H and O–H groups in total. The summed E-state index contributed by atoms with van der Waals surface area (Å²) < 4.78 is 7.40. The van der Waals surface area contributed by atoms with Crippen molar-refractivity contribution < 1.29 is 4.42 Å². The van der Waals surface area contributed by atoms with Gasteiger partial charge >= 0.3 is 5.76 Å². The molecule has 2 heterocycles. The Hall–Kier alpha value is -1.40. The Balaban J connectivity index is 2.25. The van der Waals surface area contributed by atoms with Crippen molar-refractivity contribution in [1.82, 2.24) is 9.55 Å². The molecule has 3 aromatic rings. The Morgan fingerprint density at radius 1 is 1.47 bits per heavy atom. The Kier molecular flexibility index (Phi) is 2.41. The Bertz CT molecular complexity index is 756. The molecule has 1 aromatic carbocycles. The standard InChI is InChI=1S/C11H7BrN2O2S/c1-14-8-4-6(7-5-17-10(12)13-7)2-3-9(8)16-11(14)15/h2-5H,1H3. The number of fused-ring (bicyclic) bond motifs is 1. The summed E-state index contributed by atoms with van der Waals surface area (Å²) in [7, 11) is 1.69. The van der Waals surface area contributed by atoms with Gasteiger partial charge in [-0.3, -0.25) is 4.57 Å². The number of halogens is 1. The zero-order chi connectivity index (χ0) is 12.0. The average molecular weight is 311 g/mol. The van der Waals surface area contributed by atoms with E-state index in [1.165, 1.54) is 15.9 Å². The molecule has 0 aliphatic heterocycles. The first-order valence-corrected chi connectivity index (χ1v) is 6.53. The van der Waals surface area contributed by atoms with E-state index in [1.807, 2.05) is 17.5 Å². The van der Waals surface area contributed by atoms with Crippen LogP contribution in [-0.4, -0.2) is 9.55 Å². The van der Waals surface area contributed by atoms with Crippen molar-refractivity contribution >= 4 is 38.4 Å². The molecule has 0 atom stereocenters. The van der Waals surface area contributed by atoms with Crippen LogP contribution in [0.5, 0.6) is 0 Å². The van der Waals surface area contributed by atoms with Gasteiger partial charge in [0, 0.05) is 18.0 Å². The third kappa shape index (κ3) is 1.73. The molecule has 0 bridgehead atoms. The normalized spacial score (nSPS) is 11.2. The summed E-state index contributed by atoms with van der Waals surface area (Å²) in [5, 5.41) is 1.96. The van der Waals surface area contributed by atoms with Gasteiger partial charge in [0.2, 0.25) is 0 Å². The monoisotopic (exact) mass is 310 g/mol. The molecule has 3 rings (SSSR count). The molecule has 17 heavy (non-hydrogen) atoms. The summed E-state index contributed by atoms with van der Waals surface area (Å²) in [4.78, 5) is 15.7. The zero-order valence-electron chi connectivity index (χ0n) is 8.81. The van der Waals surface area contributed by atoms with Crippen molar-refractivity contribution in [2.45, 2.75) is 0 Å². The van der Waals surface area contributed by atoms with Crippen LogP contribution in [0.4, 0.5) is 0 Å². The molecule has 0 radical (unpaired) electrons. The van der Waals surface area contributed by atoms with Crippen LogP contribution in [0.15, 0.2) is 36.7 Å². The summed E-state index contributed by atoms with van der Waals surface area (Å²) in [5.41, 5.74) is 3.22. The number of nitrogens with zero attached hydrogens (tertiary/aromatic N) is 2. The van der Waals surface area contributed by atoms with Crippen molar-refractivity contribution in [3.8, 4) is 11.3 Å². The first-order chi connectivity index (χ1) is 8.15. The smallest absolute Gasteiger partial charge is 0.408 e. The van der Waals surface area contributed by atoms with E-state index in [2.05, 4.69) is 20.9 Å². The quantitative estimate of drug-likeness (QED) is 0.694. The van der Waals surface area contributed by atoms with Crippen LogP contribution < -0.4 is 5.76 Å². The molecule has 2 aromatic heterocycles. The maximum absolute atomic E-state index is 11.4. The van der Waals surface area contributed by atoms with E-state index in [9.17, 15) is 4.79 Å². The van der Waals surface area contributed by atoms with Gasteiger partial charge in [-0.1, -0.05) is 0 Å². The Morgan fingerprint density at radius 3 is 3.00 bits per heavy atom. The van der Waals surface area contributed by atoms with Crippen LogP contribution >= 0.6 is 27.3 Å². The molecule has 86 valence electrons. The molecule has 4 nitrogen and oxygen atoms in total.